The van der Waals surface area contributed by atoms with Gasteiger partial charge in [-0.05, 0) is 65.1 Å². The monoisotopic (exact) mass is 520 g/mol. The summed E-state index contributed by atoms with van der Waals surface area (Å²) < 4.78 is 0.942. The van der Waals surface area contributed by atoms with Gasteiger partial charge in [-0.25, -0.2) is 0 Å². The van der Waals surface area contributed by atoms with Gasteiger partial charge in [0.1, 0.15) is 0 Å². The quantitative estimate of drug-likeness (QED) is 0.281. The number of aromatic hydroxyl groups is 1. The van der Waals surface area contributed by atoms with Gasteiger partial charge < -0.3 is 20.5 Å². The molecule has 1 aromatic heterocycles. The van der Waals surface area contributed by atoms with E-state index in [1.165, 1.54) is 31.2 Å². The number of carboxylic acids is 1. The second-order valence-corrected chi connectivity index (χ2v) is 7.83. The third kappa shape index (κ3) is 5.00. The molecule has 0 bridgehead atoms. The average Bonchev–Trinajstić information content (AvgIpc) is 3.00. The van der Waals surface area contributed by atoms with Crippen LogP contribution in [0.3, 0.4) is 0 Å². The number of carbonyl (C=O) groups excluding carboxylic acids is 2. The van der Waals surface area contributed by atoms with Crippen LogP contribution in [0.1, 0.15) is 23.7 Å². The lowest BCUT2D eigenvalue weighted by Gasteiger charge is -2.08. The minimum absolute atomic E-state index is 0.155. The molecule has 0 aliphatic carbocycles. The zero-order valence-corrected chi connectivity index (χ0v) is 17.9. The zero-order valence-electron chi connectivity index (χ0n) is 15.7. The summed E-state index contributed by atoms with van der Waals surface area (Å²) in [5.74, 6) is -3.08. The summed E-state index contributed by atoms with van der Waals surface area (Å²) in [6, 6.07) is 11.4. The largest absolute Gasteiger partial charge is 0.493 e. The van der Waals surface area contributed by atoms with Crippen LogP contribution < -0.4 is 5.32 Å². The molecule has 9 nitrogen and oxygen atoms in total. The summed E-state index contributed by atoms with van der Waals surface area (Å²) in [6.45, 7) is 1.45. The molecule has 0 aliphatic rings. The summed E-state index contributed by atoms with van der Waals surface area (Å²) >= 11 is 2.13. The van der Waals surface area contributed by atoms with Crippen molar-refractivity contribution in [3.8, 4) is 5.88 Å². The predicted octanol–water partition coefficient (Wildman–Crippen LogP) is 4.45. The number of H-pyrrole nitrogens is 1. The van der Waals surface area contributed by atoms with Crippen LogP contribution in [0.25, 0.3) is 10.9 Å². The van der Waals surface area contributed by atoms with Crippen molar-refractivity contribution in [2.24, 2.45) is 16.1 Å². The Morgan fingerprint density at radius 2 is 1.87 bits per heavy atom. The number of carbonyl (C=O) groups is 3. The van der Waals surface area contributed by atoms with Gasteiger partial charge in [-0.3, -0.25) is 14.4 Å². The first-order chi connectivity index (χ1) is 14.2. The van der Waals surface area contributed by atoms with Crippen molar-refractivity contribution < 1.29 is 24.6 Å². The van der Waals surface area contributed by atoms with Crippen molar-refractivity contribution in [2.75, 3.05) is 5.32 Å². The second-order valence-electron chi connectivity index (χ2n) is 6.59. The topological polar surface area (TPSA) is 144 Å². The number of azo groups is 1. The van der Waals surface area contributed by atoms with E-state index in [4.69, 9.17) is 5.11 Å². The van der Waals surface area contributed by atoms with Crippen LogP contribution in [0, 0.1) is 9.49 Å². The Hall–Kier alpha value is -3.28. The number of amides is 2. The molecule has 0 fully saturated rings. The number of nitrogens with one attached hydrogen (secondary N) is 2. The molecular formula is C20H17IN4O5. The molecule has 2 amide bonds. The van der Waals surface area contributed by atoms with Gasteiger partial charge in [-0.1, -0.05) is 6.92 Å². The van der Waals surface area contributed by atoms with Gasteiger partial charge in [0.05, 0.1) is 11.4 Å². The number of aliphatic carboxylic acids is 1. The average molecular weight is 520 g/mol. The van der Waals surface area contributed by atoms with Gasteiger partial charge in [0.25, 0.3) is 5.91 Å². The summed E-state index contributed by atoms with van der Waals surface area (Å²) in [6.07, 6.45) is -0.155. The molecule has 154 valence electrons. The molecule has 0 saturated heterocycles. The van der Waals surface area contributed by atoms with E-state index in [0.29, 0.717) is 16.6 Å². The fraction of sp³-hybridized carbons (Fsp3) is 0.150. The fourth-order valence-corrected chi connectivity index (χ4v) is 3.15. The maximum absolute atomic E-state index is 12.3. The van der Waals surface area contributed by atoms with Gasteiger partial charge >= 0.3 is 5.97 Å². The number of carboxylic acid groups (broad SMARTS) is 1. The maximum atomic E-state index is 12.3. The van der Waals surface area contributed by atoms with Crippen LogP contribution in [0.2, 0.25) is 0 Å². The molecule has 1 unspecified atom stereocenters. The highest BCUT2D eigenvalue weighted by atomic mass is 127. The van der Waals surface area contributed by atoms with Crippen LogP contribution >= 0.6 is 22.6 Å². The highest BCUT2D eigenvalue weighted by Gasteiger charge is 2.16. The van der Waals surface area contributed by atoms with E-state index < -0.39 is 23.7 Å². The van der Waals surface area contributed by atoms with Crippen LogP contribution in [0.5, 0.6) is 5.88 Å². The predicted molar refractivity (Wildman–Crippen MR) is 118 cm³/mol. The van der Waals surface area contributed by atoms with E-state index in [-0.39, 0.29) is 23.6 Å². The van der Waals surface area contributed by atoms with Gasteiger partial charge in [0, 0.05) is 26.6 Å². The third-order valence-corrected chi connectivity index (χ3v) is 4.95. The SMILES string of the molecule is CC(CC(=O)Nc1ccc(C(=O)N=Nc2c(O)[nH]c3ccc(I)cc23)cc1)C(=O)O. The van der Waals surface area contributed by atoms with Crippen molar-refractivity contribution in [3.05, 3.63) is 51.6 Å². The highest BCUT2D eigenvalue weighted by Crippen LogP contribution is 2.36. The van der Waals surface area contributed by atoms with Gasteiger partial charge in [-0.2, -0.15) is 0 Å². The summed E-state index contributed by atoms with van der Waals surface area (Å²) in [7, 11) is 0. The lowest BCUT2D eigenvalue weighted by Crippen LogP contribution is -2.19. The lowest BCUT2D eigenvalue weighted by molar-refractivity contribution is -0.142. The van der Waals surface area contributed by atoms with E-state index >= 15 is 0 Å². The van der Waals surface area contributed by atoms with Gasteiger partial charge in [0.15, 0.2) is 5.69 Å². The number of halogens is 1. The van der Waals surface area contributed by atoms with Crippen LogP contribution in [-0.4, -0.2) is 33.0 Å². The molecule has 0 spiro atoms. The van der Waals surface area contributed by atoms with Crippen molar-refractivity contribution in [3.63, 3.8) is 0 Å². The van der Waals surface area contributed by atoms with E-state index in [0.717, 1.165) is 3.57 Å². The van der Waals surface area contributed by atoms with E-state index in [9.17, 15) is 19.5 Å². The van der Waals surface area contributed by atoms with Crippen molar-refractivity contribution in [1.29, 1.82) is 0 Å². The number of anilines is 1. The molecule has 3 aromatic rings. The van der Waals surface area contributed by atoms with Crippen molar-refractivity contribution in [2.45, 2.75) is 13.3 Å². The van der Waals surface area contributed by atoms with Gasteiger partial charge in [0.2, 0.25) is 11.8 Å². The number of nitrogens with zero attached hydrogens (tertiary/aromatic N) is 2. The second kappa shape index (κ2) is 9.03. The first-order valence-corrected chi connectivity index (χ1v) is 9.91. The Kier molecular flexibility index (Phi) is 6.45. The molecule has 10 heteroatoms. The number of aromatic amines is 1. The minimum atomic E-state index is -1.05. The molecule has 0 aliphatic heterocycles. The Morgan fingerprint density at radius 1 is 1.17 bits per heavy atom. The molecular weight excluding hydrogens is 503 g/mol. The highest BCUT2D eigenvalue weighted by molar-refractivity contribution is 14.1. The number of aromatic nitrogens is 1. The smallest absolute Gasteiger partial charge is 0.306 e. The van der Waals surface area contributed by atoms with Crippen LogP contribution in [0.4, 0.5) is 11.4 Å². The molecule has 30 heavy (non-hydrogen) atoms. The third-order valence-electron chi connectivity index (χ3n) is 4.28. The summed E-state index contributed by atoms with van der Waals surface area (Å²) in [5.41, 5.74) is 1.51. The first-order valence-electron chi connectivity index (χ1n) is 8.83. The number of hydrogen-bond acceptors (Lipinski definition) is 5. The summed E-state index contributed by atoms with van der Waals surface area (Å²) in [5, 5.41) is 29.7. The molecule has 4 N–H and O–H groups in total. The summed E-state index contributed by atoms with van der Waals surface area (Å²) in [4.78, 5) is 37.7. The fourth-order valence-electron chi connectivity index (χ4n) is 2.66. The Morgan fingerprint density at radius 3 is 2.53 bits per heavy atom. The van der Waals surface area contributed by atoms with Crippen molar-refractivity contribution in [1.82, 2.24) is 4.98 Å². The Bertz CT molecular complexity index is 1150. The first kappa shape index (κ1) is 21.4. The molecule has 0 saturated carbocycles. The number of rotatable bonds is 6. The number of fused-ring (bicyclic) bond motifs is 1. The molecule has 2 aromatic carbocycles. The van der Waals surface area contributed by atoms with E-state index in [1.807, 2.05) is 12.1 Å². The van der Waals surface area contributed by atoms with Crippen LogP contribution in [-0.2, 0) is 9.59 Å². The molecule has 0 radical (unpaired) electrons. The normalized spacial score (nSPS) is 12.2. The maximum Gasteiger partial charge on any atom is 0.306 e. The Labute approximate surface area is 184 Å². The van der Waals surface area contributed by atoms with Crippen LogP contribution in [0.15, 0.2) is 52.7 Å². The zero-order chi connectivity index (χ0) is 21.8. The standard InChI is InChI=1S/C20H17IN4O5/c1-10(20(29)30)8-16(26)22-13-5-2-11(3-6-13)18(27)25-24-17-14-9-12(21)4-7-15(14)23-19(17)28/h2-7,9-10,23,28H,8H2,1H3,(H,22,26)(H,29,30). The molecule has 3 rings (SSSR count). The minimum Gasteiger partial charge on any atom is -0.493 e. The molecule has 1 atom stereocenters. The van der Waals surface area contributed by atoms with Gasteiger partial charge in [-0.15, -0.1) is 10.2 Å². The Balaban J connectivity index is 1.69. The lowest BCUT2D eigenvalue weighted by atomic mass is 10.1. The molecule has 1 heterocycles. The van der Waals surface area contributed by atoms with E-state index in [1.54, 1.807) is 6.07 Å². The van der Waals surface area contributed by atoms with E-state index in [2.05, 4.69) is 43.1 Å². The number of hydrogen-bond donors (Lipinski definition) is 4. The number of benzene rings is 2. The van der Waals surface area contributed by atoms with Crippen molar-refractivity contribution >= 4 is 62.7 Å².